The van der Waals surface area contributed by atoms with Gasteiger partial charge >= 0.3 is 0 Å². The first-order chi connectivity index (χ1) is 6.69. The highest BCUT2D eigenvalue weighted by molar-refractivity contribution is 7.80. The molecule has 0 spiro atoms. The van der Waals surface area contributed by atoms with Crippen LogP contribution in [0.5, 0.6) is 0 Å². The van der Waals surface area contributed by atoms with Crippen LogP contribution in [0.3, 0.4) is 0 Å². The molecular formula is C9H11NO3S. The molecule has 76 valence electrons. The van der Waals surface area contributed by atoms with Crippen LogP contribution < -0.4 is 0 Å². The van der Waals surface area contributed by atoms with E-state index in [1.165, 1.54) is 18.3 Å². The molecule has 1 aromatic heterocycles. The van der Waals surface area contributed by atoms with E-state index in [-0.39, 0.29) is 11.4 Å². The fraction of sp³-hybridized carbons (Fsp3) is 0.333. The van der Waals surface area contributed by atoms with Crippen LogP contribution >= 0.6 is 12.6 Å². The quantitative estimate of drug-likeness (QED) is 0.494. The molecule has 5 heteroatoms. The highest BCUT2D eigenvalue weighted by atomic mass is 32.1. The van der Waals surface area contributed by atoms with Gasteiger partial charge in [0.15, 0.2) is 0 Å². The second-order valence-corrected chi connectivity index (χ2v) is 3.19. The lowest BCUT2D eigenvalue weighted by molar-refractivity contribution is 0.0310. The summed E-state index contributed by atoms with van der Waals surface area (Å²) < 4.78 is 0. The van der Waals surface area contributed by atoms with E-state index in [0.717, 1.165) is 0 Å². The minimum absolute atomic E-state index is 0.133. The van der Waals surface area contributed by atoms with E-state index < -0.39 is 12.2 Å². The highest BCUT2D eigenvalue weighted by Gasteiger charge is 2.18. The van der Waals surface area contributed by atoms with Crippen molar-refractivity contribution in [2.45, 2.75) is 12.2 Å². The molecule has 0 fully saturated rings. The number of aldehydes is 1. The number of carbonyl (C=O) groups excluding carboxylic acids is 1. The molecule has 1 heterocycles. The molecule has 0 aliphatic rings. The van der Waals surface area contributed by atoms with Crippen molar-refractivity contribution in [1.29, 1.82) is 0 Å². The van der Waals surface area contributed by atoms with E-state index in [9.17, 15) is 15.0 Å². The van der Waals surface area contributed by atoms with Crippen LogP contribution in [0, 0.1) is 0 Å². The Morgan fingerprint density at radius 3 is 2.86 bits per heavy atom. The van der Waals surface area contributed by atoms with Crippen molar-refractivity contribution in [2.24, 2.45) is 0 Å². The van der Waals surface area contributed by atoms with Gasteiger partial charge in [-0.05, 0) is 12.1 Å². The fourth-order valence-electron chi connectivity index (χ4n) is 0.998. The van der Waals surface area contributed by atoms with Crippen LogP contribution in [0.15, 0.2) is 18.3 Å². The summed E-state index contributed by atoms with van der Waals surface area (Å²) in [6.45, 7) is 0. The lowest BCUT2D eigenvalue weighted by Crippen LogP contribution is -2.20. The van der Waals surface area contributed by atoms with Gasteiger partial charge in [0.05, 0.1) is 11.8 Å². The van der Waals surface area contributed by atoms with Crippen molar-refractivity contribution in [3.63, 3.8) is 0 Å². The van der Waals surface area contributed by atoms with E-state index in [2.05, 4.69) is 17.6 Å². The molecule has 2 atom stereocenters. The lowest BCUT2D eigenvalue weighted by Gasteiger charge is -2.14. The van der Waals surface area contributed by atoms with E-state index in [4.69, 9.17) is 0 Å². The monoisotopic (exact) mass is 213 g/mol. The third-order valence-electron chi connectivity index (χ3n) is 1.80. The smallest absolute Gasteiger partial charge is 0.150 e. The van der Waals surface area contributed by atoms with E-state index in [0.29, 0.717) is 11.8 Å². The normalized spacial score (nSPS) is 14.8. The number of thiol groups is 1. The van der Waals surface area contributed by atoms with Crippen molar-refractivity contribution in [1.82, 2.24) is 4.98 Å². The summed E-state index contributed by atoms with van der Waals surface area (Å²) in [5.74, 6) is 0.133. The molecule has 0 bridgehead atoms. The molecule has 1 aromatic rings. The number of nitrogens with zero attached hydrogens (tertiary/aromatic N) is 1. The SMILES string of the molecule is O=Cc1ccnc(C(O)C(O)CS)c1. The maximum Gasteiger partial charge on any atom is 0.150 e. The molecule has 2 N–H and O–H groups in total. The summed E-state index contributed by atoms with van der Waals surface area (Å²) in [4.78, 5) is 14.3. The molecule has 0 saturated heterocycles. The van der Waals surface area contributed by atoms with E-state index >= 15 is 0 Å². The van der Waals surface area contributed by atoms with Gasteiger partial charge in [0, 0.05) is 17.5 Å². The standard InChI is InChI=1S/C9H11NO3S/c11-4-6-1-2-10-7(3-6)9(13)8(12)5-14/h1-4,8-9,12-14H,5H2. The Morgan fingerprint density at radius 1 is 1.57 bits per heavy atom. The minimum Gasteiger partial charge on any atom is -0.389 e. The molecule has 0 aliphatic heterocycles. The van der Waals surface area contributed by atoms with Gasteiger partial charge in [-0.1, -0.05) is 0 Å². The first-order valence-electron chi connectivity index (χ1n) is 4.07. The Bertz CT molecular complexity index is 319. The van der Waals surface area contributed by atoms with Crippen molar-refractivity contribution in [2.75, 3.05) is 5.75 Å². The van der Waals surface area contributed by atoms with Gasteiger partial charge in [-0.15, -0.1) is 0 Å². The van der Waals surface area contributed by atoms with Crippen LogP contribution in [0.4, 0.5) is 0 Å². The summed E-state index contributed by atoms with van der Waals surface area (Å²) in [6, 6.07) is 2.96. The molecule has 1 rings (SSSR count). The van der Waals surface area contributed by atoms with Gasteiger partial charge in [-0.3, -0.25) is 9.78 Å². The van der Waals surface area contributed by atoms with Crippen LogP contribution in [0.2, 0.25) is 0 Å². The highest BCUT2D eigenvalue weighted by Crippen LogP contribution is 2.15. The summed E-state index contributed by atoms with van der Waals surface area (Å²) in [7, 11) is 0. The van der Waals surface area contributed by atoms with Gasteiger partial charge in [-0.2, -0.15) is 12.6 Å². The van der Waals surface area contributed by atoms with Crippen molar-refractivity contribution < 1.29 is 15.0 Å². The van der Waals surface area contributed by atoms with E-state index in [1.54, 1.807) is 0 Å². The first kappa shape index (κ1) is 11.2. The summed E-state index contributed by atoms with van der Waals surface area (Å²) >= 11 is 3.85. The third kappa shape index (κ3) is 2.54. The zero-order valence-electron chi connectivity index (χ0n) is 7.37. The Morgan fingerprint density at radius 2 is 2.29 bits per heavy atom. The summed E-state index contributed by atoms with van der Waals surface area (Å²) in [5.41, 5.74) is 0.691. The molecular weight excluding hydrogens is 202 g/mol. The predicted octanol–water partition coefficient (Wildman–Crippen LogP) is 0.218. The van der Waals surface area contributed by atoms with Crippen molar-refractivity contribution in [3.05, 3.63) is 29.6 Å². The Kier molecular flexibility index (Phi) is 4.06. The van der Waals surface area contributed by atoms with Crippen LogP contribution in [-0.4, -0.2) is 33.3 Å². The Labute approximate surface area is 87.0 Å². The zero-order chi connectivity index (χ0) is 10.6. The Balaban J connectivity index is 2.89. The minimum atomic E-state index is -1.10. The van der Waals surface area contributed by atoms with Crippen LogP contribution in [0.25, 0.3) is 0 Å². The number of hydrogen-bond donors (Lipinski definition) is 3. The molecule has 0 aliphatic carbocycles. The molecule has 0 amide bonds. The van der Waals surface area contributed by atoms with Gasteiger partial charge in [0.2, 0.25) is 0 Å². The molecule has 14 heavy (non-hydrogen) atoms. The number of carbonyl (C=O) groups is 1. The van der Waals surface area contributed by atoms with Crippen LogP contribution in [0.1, 0.15) is 22.2 Å². The van der Waals surface area contributed by atoms with Crippen molar-refractivity contribution >= 4 is 18.9 Å². The summed E-state index contributed by atoms with van der Waals surface area (Å²) in [5, 5.41) is 18.8. The number of aromatic nitrogens is 1. The summed E-state index contributed by atoms with van der Waals surface area (Å²) in [6.07, 6.45) is -0.0153. The Hall–Kier alpha value is -0.910. The largest absolute Gasteiger partial charge is 0.389 e. The van der Waals surface area contributed by atoms with Gasteiger partial charge in [-0.25, -0.2) is 0 Å². The molecule has 4 nitrogen and oxygen atoms in total. The maximum atomic E-state index is 10.4. The maximum absolute atomic E-state index is 10.4. The van der Waals surface area contributed by atoms with Gasteiger partial charge < -0.3 is 10.2 Å². The first-order valence-corrected chi connectivity index (χ1v) is 4.70. The van der Waals surface area contributed by atoms with Crippen molar-refractivity contribution in [3.8, 4) is 0 Å². The topological polar surface area (TPSA) is 70.4 Å². The number of aliphatic hydroxyl groups excluding tert-OH is 2. The second-order valence-electron chi connectivity index (χ2n) is 2.83. The van der Waals surface area contributed by atoms with Gasteiger partial charge in [0.1, 0.15) is 12.4 Å². The number of aliphatic hydroxyl groups is 2. The van der Waals surface area contributed by atoms with E-state index in [1.807, 2.05) is 0 Å². The molecule has 0 saturated carbocycles. The second kappa shape index (κ2) is 5.09. The lowest BCUT2D eigenvalue weighted by atomic mass is 10.1. The molecule has 0 aromatic carbocycles. The molecule has 2 unspecified atom stereocenters. The molecule has 0 radical (unpaired) electrons. The third-order valence-corrected chi connectivity index (χ3v) is 2.17. The fourth-order valence-corrected chi connectivity index (χ4v) is 1.20. The zero-order valence-corrected chi connectivity index (χ0v) is 8.26. The number of rotatable bonds is 4. The van der Waals surface area contributed by atoms with Gasteiger partial charge in [0.25, 0.3) is 0 Å². The number of hydrogen-bond acceptors (Lipinski definition) is 5. The average Bonchev–Trinajstić information content (AvgIpc) is 2.27. The number of pyridine rings is 1. The predicted molar refractivity (Wildman–Crippen MR) is 54.4 cm³/mol. The average molecular weight is 213 g/mol. The van der Waals surface area contributed by atoms with Crippen LogP contribution in [-0.2, 0) is 0 Å².